The van der Waals surface area contributed by atoms with Crippen molar-refractivity contribution in [3.05, 3.63) is 34.9 Å². The molecule has 2 aliphatic rings. The number of benzene rings is 1. The van der Waals surface area contributed by atoms with Crippen molar-refractivity contribution >= 4 is 12.0 Å². The summed E-state index contributed by atoms with van der Waals surface area (Å²) >= 11 is 0. The molecule has 1 heterocycles. The number of carbonyl (C=O) groups excluding carboxylic acids is 1. The van der Waals surface area contributed by atoms with Crippen LogP contribution in [0.25, 0.3) is 6.08 Å². The molecule has 1 fully saturated rings. The number of nitrogens with zero attached hydrogens (tertiary/aromatic N) is 1. The van der Waals surface area contributed by atoms with E-state index in [0.29, 0.717) is 11.7 Å². The highest BCUT2D eigenvalue weighted by Gasteiger charge is 2.34. The van der Waals surface area contributed by atoms with Crippen LogP contribution in [-0.4, -0.2) is 49.3 Å². The second-order valence-electron chi connectivity index (χ2n) is 8.96. The van der Waals surface area contributed by atoms with E-state index in [2.05, 4.69) is 30.1 Å². The Morgan fingerprint density at radius 3 is 2.74 bits per heavy atom. The van der Waals surface area contributed by atoms with E-state index in [-0.39, 0.29) is 30.9 Å². The fourth-order valence-corrected chi connectivity index (χ4v) is 4.04. The van der Waals surface area contributed by atoms with Crippen LogP contribution in [0.1, 0.15) is 51.2 Å². The molecule has 0 saturated carbocycles. The first-order valence-corrected chi connectivity index (χ1v) is 11.2. The first kappa shape index (κ1) is 23.6. The summed E-state index contributed by atoms with van der Waals surface area (Å²) < 4.78 is 42.3. The zero-order chi connectivity index (χ0) is 22.6. The average Bonchev–Trinajstić information content (AvgIpc) is 2.66. The molecule has 1 aromatic carbocycles. The monoisotopic (exact) mass is 438 g/mol. The number of nitrogens with one attached hydrogen (secondary N) is 1. The lowest BCUT2D eigenvalue weighted by molar-refractivity contribution is -0.136. The number of likely N-dealkylation sites (tertiary alicyclic amines) is 1. The minimum atomic E-state index is -4.13. The molecule has 2 atom stereocenters. The third-order valence-corrected chi connectivity index (χ3v) is 6.22. The molecule has 172 valence electrons. The van der Waals surface area contributed by atoms with Gasteiger partial charge in [-0.15, -0.1) is 0 Å². The minimum Gasteiger partial charge on any atom is -0.494 e. The van der Waals surface area contributed by atoms with Gasteiger partial charge in [0, 0.05) is 32.1 Å². The second-order valence-corrected chi connectivity index (χ2v) is 8.96. The predicted octanol–water partition coefficient (Wildman–Crippen LogP) is 4.83. The van der Waals surface area contributed by atoms with Gasteiger partial charge in [-0.3, -0.25) is 9.69 Å². The zero-order valence-corrected chi connectivity index (χ0v) is 18.6. The molecule has 3 rings (SSSR count). The second kappa shape index (κ2) is 10.1. The number of fused-ring (bicyclic) bond motifs is 1. The van der Waals surface area contributed by atoms with Crippen LogP contribution in [0, 0.1) is 11.8 Å². The summed E-state index contributed by atoms with van der Waals surface area (Å²) in [6.07, 6.45) is -0.961. The van der Waals surface area contributed by atoms with E-state index >= 15 is 0 Å². The van der Waals surface area contributed by atoms with E-state index < -0.39 is 12.6 Å². The lowest BCUT2D eigenvalue weighted by Crippen LogP contribution is -2.55. The fraction of sp³-hybridized carbons (Fsp3) is 0.625. The maximum atomic E-state index is 12.2. The maximum Gasteiger partial charge on any atom is 0.389 e. The Balaban J connectivity index is 1.50. The highest BCUT2D eigenvalue weighted by Crippen LogP contribution is 2.32. The van der Waals surface area contributed by atoms with Gasteiger partial charge in [0.15, 0.2) is 0 Å². The third kappa shape index (κ3) is 6.73. The minimum absolute atomic E-state index is 0.0345. The Kier molecular flexibility index (Phi) is 7.68. The maximum absolute atomic E-state index is 12.2. The van der Waals surface area contributed by atoms with Gasteiger partial charge >= 0.3 is 6.18 Å². The van der Waals surface area contributed by atoms with Gasteiger partial charge in [0.25, 0.3) is 0 Å². The highest BCUT2D eigenvalue weighted by atomic mass is 19.4. The largest absolute Gasteiger partial charge is 0.494 e. The van der Waals surface area contributed by atoms with Crippen LogP contribution >= 0.6 is 0 Å². The van der Waals surface area contributed by atoms with Crippen molar-refractivity contribution in [3.8, 4) is 5.75 Å². The van der Waals surface area contributed by atoms with Crippen LogP contribution in [-0.2, 0) is 11.2 Å². The standard InChI is InChI=1S/C24H33F3N2O2/c1-4-17(3)28-23(30)21-14-29(15-21)13-20-11-18-6-7-22(12-19(18)10-16(20)2)31-9-5-8-24(25,26)27/h6-7,11-12,16-17,21H,4-5,8-10,13-15H2,1-3H3,(H,28,30)/t16-,17+/m0/s1. The first-order chi connectivity index (χ1) is 14.6. The number of ether oxygens (including phenoxy) is 1. The molecular formula is C24H33F3N2O2. The number of hydrogen-bond acceptors (Lipinski definition) is 3. The van der Waals surface area contributed by atoms with Gasteiger partial charge in [0.2, 0.25) is 5.91 Å². The molecule has 0 radical (unpaired) electrons. The Hall–Kier alpha value is -2.02. The number of amides is 1. The zero-order valence-electron chi connectivity index (χ0n) is 18.6. The lowest BCUT2D eigenvalue weighted by atomic mass is 9.83. The molecule has 1 saturated heterocycles. The average molecular weight is 439 g/mol. The topological polar surface area (TPSA) is 41.6 Å². The van der Waals surface area contributed by atoms with Crippen LogP contribution in [0.3, 0.4) is 0 Å². The highest BCUT2D eigenvalue weighted by molar-refractivity contribution is 5.80. The number of hydrogen-bond donors (Lipinski definition) is 1. The van der Waals surface area contributed by atoms with Crippen molar-refractivity contribution in [2.24, 2.45) is 11.8 Å². The predicted molar refractivity (Wildman–Crippen MR) is 116 cm³/mol. The normalized spacial score (nSPS) is 20.5. The molecular weight excluding hydrogens is 405 g/mol. The van der Waals surface area contributed by atoms with E-state index in [1.165, 1.54) is 11.1 Å². The molecule has 1 aliphatic carbocycles. The van der Waals surface area contributed by atoms with Gasteiger partial charge in [-0.1, -0.05) is 31.6 Å². The van der Waals surface area contributed by atoms with Crippen LogP contribution in [0.5, 0.6) is 5.75 Å². The Bertz CT molecular complexity index is 801. The van der Waals surface area contributed by atoms with E-state index in [1.807, 2.05) is 25.1 Å². The molecule has 0 spiro atoms. The van der Waals surface area contributed by atoms with Crippen molar-refractivity contribution in [2.45, 2.75) is 58.7 Å². The molecule has 7 heteroatoms. The summed E-state index contributed by atoms with van der Waals surface area (Å²) in [5.41, 5.74) is 3.66. The summed E-state index contributed by atoms with van der Waals surface area (Å²) in [6.45, 7) is 8.81. The number of rotatable bonds is 9. The van der Waals surface area contributed by atoms with Crippen molar-refractivity contribution in [3.63, 3.8) is 0 Å². The molecule has 4 nitrogen and oxygen atoms in total. The Morgan fingerprint density at radius 1 is 1.32 bits per heavy atom. The van der Waals surface area contributed by atoms with E-state index in [0.717, 1.165) is 38.0 Å². The van der Waals surface area contributed by atoms with Gasteiger partial charge in [-0.2, -0.15) is 13.2 Å². The van der Waals surface area contributed by atoms with Crippen molar-refractivity contribution in [1.29, 1.82) is 0 Å². The van der Waals surface area contributed by atoms with E-state index in [1.54, 1.807) is 0 Å². The summed E-state index contributed by atoms with van der Waals surface area (Å²) in [5.74, 6) is 1.24. The van der Waals surface area contributed by atoms with Gasteiger partial charge in [-0.25, -0.2) is 0 Å². The van der Waals surface area contributed by atoms with Crippen LogP contribution in [0.2, 0.25) is 0 Å². The quantitative estimate of drug-likeness (QED) is 0.562. The number of carbonyl (C=O) groups is 1. The van der Waals surface area contributed by atoms with Crippen molar-refractivity contribution < 1.29 is 22.7 Å². The molecule has 0 aromatic heterocycles. The van der Waals surface area contributed by atoms with Crippen molar-refractivity contribution in [2.75, 3.05) is 26.2 Å². The van der Waals surface area contributed by atoms with Gasteiger partial charge < -0.3 is 10.1 Å². The molecule has 1 aliphatic heterocycles. The fourth-order valence-electron chi connectivity index (χ4n) is 4.04. The van der Waals surface area contributed by atoms with Crippen LogP contribution in [0.15, 0.2) is 23.8 Å². The third-order valence-electron chi connectivity index (χ3n) is 6.22. The molecule has 1 amide bonds. The first-order valence-electron chi connectivity index (χ1n) is 11.2. The molecule has 31 heavy (non-hydrogen) atoms. The van der Waals surface area contributed by atoms with Crippen LogP contribution < -0.4 is 10.1 Å². The molecule has 1 aromatic rings. The smallest absolute Gasteiger partial charge is 0.389 e. The summed E-state index contributed by atoms with van der Waals surface area (Å²) in [4.78, 5) is 14.5. The Morgan fingerprint density at radius 2 is 2.06 bits per heavy atom. The molecule has 0 unspecified atom stereocenters. The summed E-state index contributed by atoms with van der Waals surface area (Å²) in [6, 6.07) is 5.98. The molecule has 1 N–H and O–H groups in total. The summed E-state index contributed by atoms with van der Waals surface area (Å²) in [5, 5.41) is 3.06. The molecule has 0 bridgehead atoms. The van der Waals surface area contributed by atoms with Gasteiger partial charge in [-0.05, 0) is 55.4 Å². The SMILES string of the molecule is CC[C@@H](C)NC(=O)C1CN(CC2=Cc3ccc(OCCCC(F)(F)F)cc3C[C@@H]2C)C1. The van der Waals surface area contributed by atoms with Crippen molar-refractivity contribution in [1.82, 2.24) is 10.2 Å². The number of halogens is 3. The Labute approximate surface area is 182 Å². The summed E-state index contributed by atoms with van der Waals surface area (Å²) in [7, 11) is 0. The lowest BCUT2D eigenvalue weighted by Gasteiger charge is -2.40. The van der Waals surface area contributed by atoms with Crippen LogP contribution in [0.4, 0.5) is 13.2 Å². The van der Waals surface area contributed by atoms with E-state index in [9.17, 15) is 18.0 Å². The van der Waals surface area contributed by atoms with E-state index in [4.69, 9.17) is 4.74 Å². The van der Waals surface area contributed by atoms with Gasteiger partial charge in [0.05, 0.1) is 12.5 Å². The number of alkyl halides is 3. The van der Waals surface area contributed by atoms with Gasteiger partial charge in [0.1, 0.15) is 5.75 Å².